The maximum atomic E-state index is 10.2. The molecular formula is C3H8KNO6S2. The smallest absolute Gasteiger partial charge is 0.748 e. The second-order valence-corrected chi connectivity index (χ2v) is 5.04. The fourth-order valence-corrected chi connectivity index (χ4v) is 0.946. The third-order valence-corrected chi connectivity index (χ3v) is 1.79. The van der Waals surface area contributed by atoms with E-state index in [0.717, 1.165) is 6.26 Å². The Hall–Kier alpha value is 1.42. The third-order valence-electron chi connectivity index (χ3n) is 0.664. The van der Waals surface area contributed by atoms with Gasteiger partial charge in [0.1, 0.15) is 0 Å². The van der Waals surface area contributed by atoms with Crippen molar-refractivity contribution < 1.29 is 77.1 Å². The van der Waals surface area contributed by atoms with E-state index in [1.807, 2.05) is 5.48 Å². The number of hydrogen-bond acceptors (Lipinski definition) is 7. The van der Waals surface area contributed by atoms with E-state index in [2.05, 4.69) is 4.28 Å². The molecule has 0 saturated carbocycles. The standard InChI is InChI=1S/C3H9NO6S2.K/c1-11(5,6)10-4-2-3-12(7,8)9;/h4H,2-3H2,1H3,(H,7,8,9);/q;+1/p-1. The SMILES string of the molecule is CS(=O)(=O)ONCCS(=O)(=O)[O-].[K+]. The third kappa shape index (κ3) is 16.1. The van der Waals surface area contributed by atoms with Crippen LogP contribution in [0.25, 0.3) is 0 Å². The summed E-state index contributed by atoms with van der Waals surface area (Å²) in [6.45, 7) is -0.362. The van der Waals surface area contributed by atoms with Crippen LogP contribution in [-0.4, -0.2) is 39.9 Å². The number of rotatable bonds is 5. The van der Waals surface area contributed by atoms with E-state index in [1.165, 1.54) is 0 Å². The van der Waals surface area contributed by atoms with Crippen LogP contribution in [0.15, 0.2) is 0 Å². The molecule has 0 heterocycles. The summed E-state index contributed by atoms with van der Waals surface area (Å²) in [5, 5.41) is 0. The van der Waals surface area contributed by atoms with Crippen LogP contribution in [0, 0.1) is 0 Å². The molecule has 10 heteroatoms. The van der Waals surface area contributed by atoms with Gasteiger partial charge in [0.2, 0.25) is 0 Å². The normalized spacial score (nSPS) is 12.2. The van der Waals surface area contributed by atoms with Crippen LogP contribution in [0.2, 0.25) is 0 Å². The molecule has 74 valence electrons. The molecule has 13 heavy (non-hydrogen) atoms. The van der Waals surface area contributed by atoms with Gasteiger partial charge in [-0.05, 0) is 0 Å². The topological polar surface area (TPSA) is 113 Å². The van der Waals surface area contributed by atoms with Crippen molar-refractivity contribution in [3.05, 3.63) is 0 Å². The largest absolute Gasteiger partial charge is 1.00 e. The van der Waals surface area contributed by atoms with Gasteiger partial charge in [-0.15, -0.1) is 0 Å². The molecule has 0 aromatic heterocycles. The zero-order valence-electron chi connectivity index (χ0n) is 7.18. The van der Waals surface area contributed by atoms with Crippen LogP contribution >= 0.6 is 0 Å². The van der Waals surface area contributed by atoms with Crippen LogP contribution in [-0.2, 0) is 24.5 Å². The molecule has 0 unspecified atom stereocenters. The molecule has 0 aliphatic carbocycles. The van der Waals surface area contributed by atoms with E-state index >= 15 is 0 Å². The second-order valence-electron chi connectivity index (χ2n) is 1.94. The van der Waals surface area contributed by atoms with Gasteiger partial charge in [0.25, 0.3) is 10.1 Å². The summed E-state index contributed by atoms with van der Waals surface area (Å²) in [4.78, 5) is 0. The molecule has 0 atom stereocenters. The number of hydrogen-bond donors (Lipinski definition) is 1. The Morgan fingerprint density at radius 3 is 2.08 bits per heavy atom. The van der Waals surface area contributed by atoms with Gasteiger partial charge in [-0.1, -0.05) is 0 Å². The summed E-state index contributed by atoms with van der Waals surface area (Å²) in [5.41, 5.74) is 1.81. The second kappa shape index (κ2) is 6.82. The van der Waals surface area contributed by atoms with Crippen molar-refractivity contribution >= 4 is 20.2 Å². The van der Waals surface area contributed by atoms with Gasteiger partial charge in [0, 0.05) is 6.54 Å². The maximum absolute atomic E-state index is 10.2. The van der Waals surface area contributed by atoms with E-state index in [0.29, 0.717) is 0 Å². The van der Waals surface area contributed by atoms with Gasteiger partial charge in [-0.25, -0.2) is 8.42 Å². The van der Waals surface area contributed by atoms with Crippen molar-refractivity contribution in [3.63, 3.8) is 0 Å². The molecule has 0 radical (unpaired) electrons. The predicted molar refractivity (Wildman–Crippen MR) is 38.5 cm³/mol. The summed E-state index contributed by atoms with van der Waals surface area (Å²) in [5.74, 6) is -0.720. The van der Waals surface area contributed by atoms with Crippen molar-refractivity contribution in [3.8, 4) is 0 Å². The van der Waals surface area contributed by atoms with Crippen LogP contribution in [0.3, 0.4) is 0 Å². The number of nitrogens with one attached hydrogen (secondary N) is 1. The Morgan fingerprint density at radius 1 is 1.31 bits per heavy atom. The fraction of sp³-hybridized carbons (Fsp3) is 1.00. The first-order chi connectivity index (χ1) is 5.21. The van der Waals surface area contributed by atoms with E-state index in [9.17, 15) is 21.4 Å². The minimum Gasteiger partial charge on any atom is -0.748 e. The fourth-order valence-electron chi connectivity index (χ4n) is 0.315. The van der Waals surface area contributed by atoms with Gasteiger partial charge < -0.3 is 4.55 Å². The summed E-state index contributed by atoms with van der Waals surface area (Å²) in [7, 11) is -7.98. The summed E-state index contributed by atoms with van der Waals surface area (Å²) in [6.07, 6.45) is 0.783. The molecule has 0 aliphatic rings. The Morgan fingerprint density at radius 2 is 1.77 bits per heavy atom. The average molecular weight is 257 g/mol. The van der Waals surface area contributed by atoms with Crippen molar-refractivity contribution in [2.45, 2.75) is 0 Å². The van der Waals surface area contributed by atoms with Crippen molar-refractivity contribution in [2.24, 2.45) is 0 Å². The van der Waals surface area contributed by atoms with Crippen molar-refractivity contribution in [1.82, 2.24) is 5.48 Å². The summed E-state index contributed by atoms with van der Waals surface area (Å²) >= 11 is 0. The number of hydroxylamine groups is 1. The first-order valence-corrected chi connectivity index (χ1v) is 6.15. The molecule has 7 nitrogen and oxygen atoms in total. The van der Waals surface area contributed by atoms with Crippen LogP contribution in [0.1, 0.15) is 0 Å². The zero-order chi connectivity index (χ0) is 9.83. The average Bonchev–Trinajstić information content (AvgIpc) is 1.76. The molecule has 0 spiro atoms. The van der Waals surface area contributed by atoms with E-state index < -0.39 is 26.0 Å². The van der Waals surface area contributed by atoms with Gasteiger partial charge in [0.05, 0.1) is 22.1 Å². The monoisotopic (exact) mass is 257 g/mol. The van der Waals surface area contributed by atoms with Gasteiger partial charge in [-0.3, -0.25) is 0 Å². The first-order valence-electron chi connectivity index (χ1n) is 2.75. The summed E-state index contributed by atoms with van der Waals surface area (Å²) in [6, 6.07) is 0. The quantitative estimate of drug-likeness (QED) is 0.227. The molecule has 0 aliphatic heterocycles. The van der Waals surface area contributed by atoms with Crippen LogP contribution < -0.4 is 56.9 Å². The molecule has 0 amide bonds. The molecular weight excluding hydrogens is 249 g/mol. The van der Waals surface area contributed by atoms with E-state index in [4.69, 9.17) is 0 Å². The molecule has 0 rings (SSSR count). The van der Waals surface area contributed by atoms with Gasteiger partial charge in [-0.2, -0.15) is 18.2 Å². The molecule has 0 aromatic carbocycles. The van der Waals surface area contributed by atoms with Crippen molar-refractivity contribution in [1.29, 1.82) is 0 Å². The first kappa shape index (κ1) is 16.8. The minimum atomic E-state index is -4.33. The van der Waals surface area contributed by atoms with E-state index in [1.54, 1.807) is 0 Å². The van der Waals surface area contributed by atoms with Crippen molar-refractivity contribution in [2.75, 3.05) is 18.6 Å². The predicted octanol–water partition coefficient (Wildman–Crippen LogP) is -4.98. The Labute approximate surface area is 119 Å². The van der Waals surface area contributed by atoms with Crippen LogP contribution in [0.5, 0.6) is 0 Å². The molecule has 0 saturated heterocycles. The van der Waals surface area contributed by atoms with Crippen LogP contribution in [0.4, 0.5) is 0 Å². The zero-order valence-corrected chi connectivity index (χ0v) is 11.9. The molecule has 1 N–H and O–H groups in total. The maximum Gasteiger partial charge on any atom is 1.00 e. The summed E-state index contributed by atoms with van der Waals surface area (Å²) < 4.78 is 54.3. The van der Waals surface area contributed by atoms with E-state index in [-0.39, 0.29) is 57.9 Å². The van der Waals surface area contributed by atoms with Gasteiger partial charge >= 0.3 is 51.4 Å². The molecule has 0 bridgehead atoms. The molecule has 0 fully saturated rings. The Balaban J connectivity index is 0. The Kier molecular flexibility index (Phi) is 8.83. The molecule has 0 aromatic rings. The Bertz CT molecular complexity index is 286. The minimum absolute atomic E-state index is 0. The van der Waals surface area contributed by atoms with Gasteiger partial charge in [0.15, 0.2) is 0 Å².